The molecule has 0 unspecified atom stereocenters. The number of halogens is 3. The number of nitrogens with zero attached hydrogens (tertiary/aromatic N) is 3. The number of carbonyl (C=O) groups is 2. The van der Waals surface area contributed by atoms with Crippen LogP contribution in [0.15, 0.2) is 24.3 Å². The Morgan fingerprint density at radius 1 is 1.28 bits per heavy atom. The van der Waals surface area contributed by atoms with Crippen LogP contribution < -0.4 is 0 Å². The van der Waals surface area contributed by atoms with Crippen LogP contribution in [0.5, 0.6) is 0 Å². The SMILES string of the molecule is C[C@@H]1CN(C)CC[C@@H]1N(C)C(=O)[C@@H]1CC(=O)N(Cc2cccc(C(F)(F)F)c2)C1. The third-order valence-electron chi connectivity index (χ3n) is 6.10. The van der Waals surface area contributed by atoms with Crippen molar-refractivity contribution in [2.45, 2.75) is 38.5 Å². The lowest BCUT2D eigenvalue weighted by Crippen LogP contribution is -2.51. The van der Waals surface area contributed by atoms with Crippen LogP contribution in [0.25, 0.3) is 0 Å². The number of likely N-dealkylation sites (tertiary alicyclic amines) is 2. The van der Waals surface area contributed by atoms with E-state index in [1.54, 1.807) is 18.0 Å². The molecule has 5 nitrogen and oxygen atoms in total. The summed E-state index contributed by atoms with van der Waals surface area (Å²) in [5.41, 5.74) is -0.316. The second kappa shape index (κ2) is 8.34. The summed E-state index contributed by atoms with van der Waals surface area (Å²) in [6, 6.07) is 5.14. The van der Waals surface area contributed by atoms with Gasteiger partial charge in [-0.15, -0.1) is 0 Å². The fourth-order valence-electron chi connectivity index (χ4n) is 4.53. The number of amides is 2. The van der Waals surface area contributed by atoms with Gasteiger partial charge in [-0.1, -0.05) is 19.1 Å². The Morgan fingerprint density at radius 2 is 2.00 bits per heavy atom. The topological polar surface area (TPSA) is 43.9 Å². The van der Waals surface area contributed by atoms with Gasteiger partial charge in [-0.05, 0) is 43.6 Å². The number of alkyl halides is 3. The normalized spacial score (nSPS) is 26.1. The number of piperidine rings is 1. The lowest BCUT2D eigenvalue weighted by molar-refractivity contribution is -0.138. The van der Waals surface area contributed by atoms with Gasteiger partial charge in [0, 0.05) is 39.1 Å². The second-order valence-corrected chi connectivity index (χ2v) is 8.42. The molecule has 1 aromatic carbocycles. The Balaban J connectivity index is 1.63. The van der Waals surface area contributed by atoms with Gasteiger partial charge in [-0.3, -0.25) is 9.59 Å². The number of carbonyl (C=O) groups excluding carboxylic acids is 2. The van der Waals surface area contributed by atoms with Crippen LogP contribution in [0.4, 0.5) is 13.2 Å². The largest absolute Gasteiger partial charge is 0.416 e. The minimum Gasteiger partial charge on any atom is -0.342 e. The highest BCUT2D eigenvalue weighted by Gasteiger charge is 2.39. The van der Waals surface area contributed by atoms with E-state index in [2.05, 4.69) is 18.9 Å². The van der Waals surface area contributed by atoms with Gasteiger partial charge in [0.15, 0.2) is 0 Å². The average Bonchev–Trinajstić information content (AvgIpc) is 3.00. The molecule has 160 valence electrons. The average molecular weight is 411 g/mol. The third kappa shape index (κ3) is 4.91. The molecule has 0 aliphatic carbocycles. The van der Waals surface area contributed by atoms with E-state index >= 15 is 0 Å². The van der Waals surface area contributed by atoms with Crippen LogP contribution in [-0.4, -0.2) is 66.3 Å². The van der Waals surface area contributed by atoms with Crippen molar-refractivity contribution in [3.8, 4) is 0 Å². The maximum atomic E-state index is 13.0. The number of rotatable bonds is 4. The first kappa shape index (κ1) is 21.6. The zero-order chi connectivity index (χ0) is 21.3. The molecule has 8 heteroatoms. The molecule has 2 amide bonds. The number of hydrogen-bond acceptors (Lipinski definition) is 3. The smallest absolute Gasteiger partial charge is 0.342 e. The lowest BCUT2D eigenvalue weighted by Gasteiger charge is -2.40. The monoisotopic (exact) mass is 411 g/mol. The molecule has 2 aliphatic heterocycles. The van der Waals surface area contributed by atoms with E-state index < -0.39 is 17.7 Å². The summed E-state index contributed by atoms with van der Waals surface area (Å²) in [4.78, 5) is 30.9. The maximum absolute atomic E-state index is 13.0. The number of hydrogen-bond donors (Lipinski definition) is 0. The first-order valence-corrected chi connectivity index (χ1v) is 9.95. The van der Waals surface area contributed by atoms with Crippen LogP contribution in [0.2, 0.25) is 0 Å². The van der Waals surface area contributed by atoms with E-state index in [9.17, 15) is 22.8 Å². The molecule has 0 radical (unpaired) electrons. The molecule has 3 atom stereocenters. The molecule has 2 aliphatic rings. The zero-order valence-corrected chi connectivity index (χ0v) is 17.1. The predicted molar refractivity (Wildman–Crippen MR) is 103 cm³/mol. The van der Waals surface area contributed by atoms with E-state index in [0.717, 1.165) is 31.6 Å². The molecule has 0 spiro atoms. The Morgan fingerprint density at radius 3 is 2.66 bits per heavy atom. The molecule has 0 bridgehead atoms. The summed E-state index contributed by atoms with van der Waals surface area (Å²) >= 11 is 0. The summed E-state index contributed by atoms with van der Waals surface area (Å²) in [6.45, 7) is 4.31. The second-order valence-electron chi connectivity index (χ2n) is 8.42. The van der Waals surface area contributed by atoms with Crippen molar-refractivity contribution < 1.29 is 22.8 Å². The van der Waals surface area contributed by atoms with Gasteiger partial charge in [0.05, 0.1) is 11.5 Å². The van der Waals surface area contributed by atoms with Gasteiger partial charge in [0.1, 0.15) is 0 Å². The van der Waals surface area contributed by atoms with Crippen LogP contribution in [0.1, 0.15) is 30.9 Å². The minimum absolute atomic E-state index is 0.0497. The van der Waals surface area contributed by atoms with E-state index in [1.807, 2.05) is 0 Å². The van der Waals surface area contributed by atoms with Crippen LogP contribution >= 0.6 is 0 Å². The standard InChI is InChI=1S/C21H28F3N3O2/c1-14-11-25(2)8-7-18(14)26(3)20(29)16-10-19(28)27(13-16)12-15-5-4-6-17(9-15)21(22,23)24/h4-6,9,14,16,18H,7-8,10-13H2,1-3H3/t14-,16-,18+/m1/s1. The summed E-state index contributed by atoms with van der Waals surface area (Å²) in [6.07, 6.45) is -3.41. The van der Waals surface area contributed by atoms with Gasteiger partial charge in [0.2, 0.25) is 11.8 Å². The molecule has 1 aromatic rings. The van der Waals surface area contributed by atoms with Crippen molar-refractivity contribution in [1.29, 1.82) is 0 Å². The molecular formula is C21H28F3N3O2. The highest BCUT2D eigenvalue weighted by Crippen LogP contribution is 2.31. The minimum atomic E-state index is -4.42. The van der Waals surface area contributed by atoms with Gasteiger partial charge in [-0.2, -0.15) is 13.2 Å². The van der Waals surface area contributed by atoms with Crippen LogP contribution in [-0.2, 0) is 22.3 Å². The zero-order valence-electron chi connectivity index (χ0n) is 17.1. The van der Waals surface area contributed by atoms with E-state index in [-0.39, 0.29) is 37.4 Å². The summed E-state index contributed by atoms with van der Waals surface area (Å²) < 4.78 is 38.7. The van der Waals surface area contributed by atoms with Crippen molar-refractivity contribution in [2.24, 2.45) is 11.8 Å². The fraction of sp³-hybridized carbons (Fsp3) is 0.619. The molecular weight excluding hydrogens is 383 g/mol. The molecule has 0 aromatic heterocycles. The summed E-state index contributed by atoms with van der Waals surface area (Å²) in [5.74, 6) is -0.331. The summed E-state index contributed by atoms with van der Waals surface area (Å²) in [5, 5.41) is 0. The van der Waals surface area contributed by atoms with Gasteiger partial charge in [0.25, 0.3) is 0 Å². The van der Waals surface area contributed by atoms with E-state index in [1.165, 1.54) is 11.0 Å². The maximum Gasteiger partial charge on any atom is 0.416 e. The summed E-state index contributed by atoms with van der Waals surface area (Å²) in [7, 11) is 3.87. The van der Waals surface area contributed by atoms with Crippen molar-refractivity contribution in [3.05, 3.63) is 35.4 Å². The van der Waals surface area contributed by atoms with Crippen molar-refractivity contribution >= 4 is 11.8 Å². The van der Waals surface area contributed by atoms with Crippen LogP contribution in [0, 0.1) is 11.8 Å². The van der Waals surface area contributed by atoms with Crippen molar-refractivity contribution in [1.82, 2.24) is 14.7 Å². The van der Waals surface area contributed by atoms with Crippen molar-refractivity contribution in [2.75, 3.05) is 33.7 Å². The first-order chi connectivity index (χ1) is 13.6. The molecule has 2 saturated heterocycles. The third-order valence-corrected chi connectivity index (χ3v) is 6.10. The molecule has 0 saturated carbocycles. The Hall–Kier alpha value is -2.09. The van der Waals surface area contributed by atoms with Gasteiger partial charge >= 0.3 is 6.18 Å². The first-order valence-electron chi connectivity index (χ1n) is 9.95. The van der Waals surface area contributed by atoms with E-state index in [0.29, 0.717) is 11.5 Å². The van der Waals surface area contributed by atoms with Gasteiger partial charge in [-0.25, -0.2) is 0 Å². The Labute approximate surface area is 169 Å². The molecule has 2 heterocycles. The van der Waals surface area contributed by atoms with Crippen LogP contribution in [0.3, 0.4) is 0 Å². The molecule has 3 rings (SSSR count). The van der Waals surface area contributed by atoms with Gasteiger partial charge < -0.3 is 14.7 Å². The molecule has 29 heavy (non-hydrogen) atoms. The lowest BCUT2D eigenvalue weighted by atomic mass is 9.92. The quantitative estimate of drug-likeness (QED) is 0.765. The predicted octanol–water partition coefficient (Wildman–Crippen LogP) is 2.85. The van der Waals surface area contributed by atoms with Crippen molar-refractivity contribution in [3.63, 3.8) is 0 Å². The molecule has 0 N–H and O–H groups in total. The van der Waals surface area contributed by atoms with E-state index in [4.69, 9.17) is 0 Å². The highest BCUT2D eigenvalue weighted by molar-refractivity contribution is 5.89. The Kier molecular flexibility index (Phi) is 6.22. The Bertz CT molecular complexity index is 768. The molecule has 2 fully saturated rings. The highest BCUT2D eigenvalue weighted by atomic mass is 19.4. The fourth-order valence-corrected chi connectivity index (χ4v) is 4.53. The number of benzene rings is 1.